The number of carboxylic acid groups (broad SMARTS) is 2. The fraction of sp³-hybridized carbons (Fsp3) is 0.808. The van der Waals surface area contributed by atoms with Crippen LogP contribution in [0, 0.1) is 13.8 Å². The molecule has 0 unspecified atom stereocenters. The Morgan fingerprint density at radius 2 is 0.541 bits per heavy atom. The van der Waals surface area contributed by atoms with Crippen LogP contribution in [-0.2, 0) is 28.7 Å². The van der Waals surface area contributed by atoms with Crippen LogP contribution in [0.15, 0.2) is 24.3 Å². The fourth-order valence-electron chi connectivity index (χ4n) is 6.16. The number of hydrogen-bond acceptors (Lipinski definition) is 8. The molecule has 4 radical (unpaired) electrons. The molecule has 0 amide bonds. The van der Waals surface area contributed by atoms with Crippen molar-refractivity contribution in [2.75, 3.05) is 13.2 Å². The maximum Gasteiger partial charge on any atom is 2.00 e. The van der Waals surface area contributed by atoms with Gasteiger partial charge in [0.15, 0.2) is 0 Å². The van der Waals surface area contributed by atoms with Crippen molar-refractivity contribution >= 4 is 47.8 Å². The van der Waals surface area contributed by atoms with Gasteiger partial charge in [0, 0.05) is 12.2 Å². The molecule has 0 aliphatic carbocycles. The summed E-state index contributed by atoms with van der Waals surface area (Å²) in [5, 5.41) is 20.0. The zero-order valence-corrected chi connectivity index (χ0v) is 43.2. The van der Waals surface area contributed by atoms with E-state index in [9.17, 15) is 29.4 Å². The van der Waals surface area contributed by atoms with Crippen LogP contribution >= 0.6 is 0 Å². The number of carboxylic acids is 2. The molecular weight excluding hydrogens is 871 g/mol. The van der Waals surface area contributed by atoms with E-state index >= 15 is 0 Å². The Morgan fingerprint density at radius 1 is 0.344 bits per heavy atom. The monoisotopic (exact) mass is 969 g/mol. The maximum atomic E-state index is 11.0. The summed E-state index contributed by atoms with van der Waals surface area (Å²) in [7, 11) is 0. The molecule has 0 N–H and O–H groups in total. The second-order valence-corrected chi connectivity index (χ2v) is 16.0. The molecule has 0 fully saturated rings. The molecule has 0 heterocycles. The number of hydrogen-bond donors (Lipinski definition) is 0. The summed E-state index contributed by atoms with van der Waals surface area (Å²) in [4.78, 5) is 42.0. The predicted molar refractivity (Wildman–Crippen MR) is 256 cm³/mol. The molecule has 0 aromatic carbocycles. The van der Waals surface area contributed by atoms with Gasteiger partial charge in [-0.15, -0.1) is 0 Å². The van der Waals surface area contributed by atoms with Gasteiger partial charge in [-0.2, -0.15) is 0 Å². The molecular formula is C52H96O8Sn. The SMILES string of the molecule is CCCCCCCCCCOC(=O)/C=C/C(=O)[O-].CCCCCCCCCCOC(=O)/C=C/C(=O)[O-].[CH2]CCCCCCCCCCC.[CH2]CCCCCCCCCCC.[Sn+2]. The predicted octanol–water partition coefficient (Wildman–Crippen LogP) is 13.1. The van der Waals surface area contributed by atoms with Gasteiger partial charge < -0.3 is 29.3 Å². The van der Waals surface area contributed by atoms with Gasteiger partial charge >= 0.3 is 35.8 Å². The molecule has 0 atom stereocenters. The number of rotatable bonds is 40. The Morgan fingerprint density at radius 3 is 0.738 bits per heavy atom. The Hall–Kier alpha value is -1.84. The van der Waals surface area contributed by atoms with Crippen molar-refractivity contribution in [3.63, 3.8) is 0 Å². The van der Waals surface area contributed by atoms with Crippen LogP contribution in [0.4, 0.5) is 0 Å². The summed E-state index contributed by atoms with van der Waals surface area (Å²) in [6, 6.07) is 0. The first-order valence-corrected chi connectivity index (χ1v) is 24.9. The normalized spacial score (nSPS) is 10.5. The average molecular weight is 968 g/mol. The van der Waals surface area contributed by atoms with Crippen molar-refractivity contribution in [1.29, 1.82) is 0 Å². The molecule has 8 nitrogen and oxygen atoms in total. The minimum absolute atomic E-state index is 0. The van der Waals surface area contributed by atoms with Gasteiger partial charge in [0.2, 0.25) is 0 Å². The molecule has 0 saturated carbocycles. The third-order valence-corrected chi connectivity index (χ3v) is 9.90. The second-order valence-electron chi connectivity index (χ2n) is 16.0. The number of carbonyl (C=O) groups excluding carboxylic acids is 4. The van der Waals surface area contributed by atoms with E-state index in [4.69, 9.17) is 9.47 Å². The standard InChI is InChI=1S/2C14H24O4.2C12H25.Sn/c2*1-2-3-4-5-6-7-8-9-12-18-14(17)11-10-13(15)16;2*1-3-5-7-9-11-12-10-8-6-4-2;/h2*10-11H,2-9,12H2,1H3,(H,15,16);2*1,3-12H2,2H3;/q;;;;+2/p-2/b2*11-10+;;;. The van der Waals surface area contributed by atoms with Crippen molar-refractivity contribution < 1.29 is 38.9 Å². The second kappa shape index (κ2) is 64.8. The minimum Gasteiger partial charge on any atom is -0.545 e. The van der Waals surface area contributed by atoms with Crippen LogP contribution in [0.3, 0.4) is 0 Å². The molecule has 0 aromatic heterocycles. The first kappa shape index (κ1) is 68.2. The van der Waals surface area contributed by atoms with Crippen molar-refractivity contribution in [1.82, 2.24) is 0 Å². The third-order valence-electron chi connectivity index (χ3n) is 9.90. The van der Waals surface area contributed by atoms with Gasteiger partial charge in [-0.05, 0) is 25.0 Å². The van der Waals surface area contributed by atoms with Gasteiger partial charge in [0.25, 0.3) is 0 Å². The van der Waals surface area contributed by atoms with Crippen molar-refractivity contribution in [2.45, 2.75) is 259 Å². The summed E-state index contributed by atoms with van der Waals surface area (Å²) >= 11 is 0. The Labute approximate surface area is 395 Å². The topological polar surface area (TPSA) is 133 Å². The van der Waals surface area contributed by atoms with Gasteiger partial charge in [-0.25, -0.2) is 9.59 Å². The van der Waals surface area contributed by atoms with Crippen LogP contribution in [0.1, 0.15) is 259 Å². The summed E-state index contributed by atoms with van der Waals surface area (Å²) in [5.74, 6) is -4.03. The zero-order valence-electron chi connectivity index (χ0n) is 40.4. The molecule has 61 heavy (non-hydrogen) atoms. The third kappa shape index (κ3) is 79.1. The fourth-order valence-corrected chi connectivity index (χ4v) is 6.16. The molecule has 0 bridgehead atoms. The van der Waals surface area contributed by atoms with Crippen LogP contribution in [0.5, 0.6) is 0 Å². The largest absolute Gasteiger partial charge is 2.00 e. The Kier molecular flexibility index (Phi) is 72.4. The minimum atomic E-state index is -1.39. The first-order chi connectivity index (χ1) is 29.2. The van der Waals surface area contributed by atoms with Gasteiger partial charge in [0.05, 0.1) is 25.2 Å². The number of esters is 2. The van der Waals surface area contributed by atoms with Gasteiger partial charge in [0.1, 0.15) is 0 Å². The van der Waals surface area contributed by atoms with E-state index in [1.54, 1.807) is 0 Å². The van der Waals surface area contributed by atoms with E-state index in [1.807, 2.05) is 0 Å². The zero-order chi connectivity index (χ0) is 45.4. The maximum absolute atomic E-state index is 11.0. The molecule has 0 saturated heterocycles. The van der Waals surface area contributed by atoms with Crippen LogP contribution in [-0.4, -0.2) is 61.0 Å². The van der Waals surface area contributed by atoms with Crippen molar-refractivity contribution in [3.8, 4) is 0 Å². The van der Waals surface area contributed by atoms with Gasteiger partial charge in [-0.1, -0.05) is 260 Å². The summed E-state index contributed by atoms with van der Waals surface area (Å²) in [6.45, 7) is 17.3. The summed E-state index contributed by atoms with van der Waals surface area (Å²) < 4.78 is 9.64. The molecule has 0 spiro atoms. The van der Waals surface area contributed by atoms with Gasteiger partial charge in [-0.3, -0.25) is 0 Å². The molecule has 0 aliphatic heterocycles. The molecule has 0 aromatic rings. The van der Waals surface area contributed by atoms with Crippen molar-refractivity contribution in [3.05, 3.63) is 38.2 Å². The van der Waals surface area contributed by atoms with E-state index in [0.717, 1.165) is 63.5 Å². The summed E-state index contributed by atoms with van der Waals surface area (Å²) in [6.07, 6.45) is 49.7. The number of unbranched alkanes of at least 4 members (excludes halogenated alkanes) is 32. The smallest absolute Gasteiger partial charge is 0.545 e. The number of carbonyl (C=O) groups is 4. The summed E-state index contributed by atoms with van der Waals surface area (Å²) in [5.41, 5.74) is 0. The molecule has 9 heteroatoms. The quantitative estimate of drug-likeness (QED) is 0.0257. The molecule has 0 rings (SSSR count). The van der Waals surface area contributed by atoms with E-state index in [1.165, 1.54) is 180 Å². The van der Waals surface area contributed by atoms with E-state index < -0.39 is 23.9 Å². The van der Waals surface area contributed by atoms with E-state index in [0.29, 0.717) is 25.4 Å². The average Bonchev–Trinajstić information content (AvgIpc) is 3.23. The van der Waals surface area contributed by atoms with E-state index in [-0.39, 0.29) is 23.9 Å². The van der Waals surface area contributed by atoms with Crippen LogP contribution in [0.2, 0.25) is 0 Å². The first-order valence-electron chi connectivity index (χ1n) is 24.9. The molecule has 0 aliphatic rings. The molecule has 356 valence electrons. The number of ether oxygens (including phenoxy) is 2. The Balaban J connectivity index is -0.000000231. The number of aliphatic carboxylic acids is 2. The van der Waals surface area contributed by atoms with Crippen LogP contribution < -0.4 is 10.2 Å². The van der Waals surface area contributed by atoms with E-state index in [2.05, 4.69) is 41.5 Å². The van der Waals surface area contributed by atoms with Crippen molar-refractivity contribution in [2.24, 2.45) is 0 Å². The Bertz CT molecular complexity index is 842. The van der Waals surface area contributed by atoms with Crippen LogP contribution in [0.25, 0.3) is 0 Å².